The number of aryl methyl sites for hydroxylation is 1. The standard InChI is InChI=1S/C18H19N3O5/c1-13-2-4-14(5-3-13)16(22)7-9-18(23)26-11-10-19-17-8-6-15(12-20-17)21(24)25/h2-6,8,12H,7,9-11H2,1H3,(H,19,20). The van der Waals surface area contributed by atoms with Gasteiger partial charge in [0.25, 0.3) is 5.69 Å². The van der Waals surface area contributed by atoms with Crippen LogP contribution in [0.25, 0.3) is 0 Å². The second kappa shape index (κ2) is 9.26. The lowest BCUT2D eigenvalue weighted by Crippen LogP contribution is -2.15. The van der Waals surface area contributed by atoms with Gasteiger partial charge in [-0.05, 0) is 13.0 Å². The predicted molar refractivity (Wildman–Crippen MR) is 95.1 cm³/mol. The number of pyridine rings is 1. The SMILES string of the molecule is Cc1ccc(C(=O)CCC(=O)OCCNc2ccc([N+](=O)[O-])cn2)cc1. The molecule has 0 atom stereocenters. The van der Waals surface area contributed by atoms with Gasteiger partial charge in [0, 0.05) is 18.1 Å². The van der Waals surface area contributed by atoms with Crippen LogP contribution in [0.15, 0.2) is 42.6 Å². The Morgan fingerprint density at radius 3 is 2.50 bits per heavy atom. The molecule has 2 aromatic rings. The number of hydrogen-bond acceptors (Lipinski definition) is 7. The Bertz CT molecular complexity index is 772. The highest BCUT2D eigenvalue weighted by Crippen LogP contribution is 2.11. The number of benzene rings is 1. The van der Waals surface area contributed by atoms with Crippen LogP contribution in [0, 0.1) is 17.0 Å². The smallest absolute Gasteiger partial charge is 0.306 e. The van der Waals surface area contributed by atoms with Crippen molar-refractivity contribution < 1.29 is 19.2 Å². The highest BCUT2D eigenvalue weighted by molar-refractivity contribution is 5.97. The van der Waals surface area contributed by atoms with Crippen LogP contribution < -0.4 is 5.32 Å². The molecule has 1 heterocycles. The third kappa shape index (κ3) is 5.97. The Morgan fingerprint density at radius 2 is 1.88 bits per heavy atom. The lowest BCUT2D eigenvalue weighted by atomic mass is 10.1. The molecule has 0 bridgehead atoms. The summed E-state index contributed by atoms with van der Waals surface area (Å²) in [5.74, 6) is -0.111. The Labute approximate surface area is 150 Å². The van der Waals surface area contributed by atoms with Crippen molar-refractivity contribution in [1.82, 2.24) is 4.98 Å². The first-order valence-corrected chi connectivity index (χ1v) is 8.05. The Morgan fingerprint density at radius 1 is 1.15 bits per heavy atom. The number of aromatic nitrogens is 1. The maximum absolute atomic E-state index is 12.0. The van der Waals surface area contributed by atoms with E-state index in [2.05, 4.69) is 10.3 Å². The largest absolute Gasteiger partial charge is 0.464 e. The van der Waals surface area contributed by atoms with Gasteiger partial charge in [-0.1, -0.05) is 29.8 Å². The average molecular weight is 357 g/mol. The van der Waals surface area contributed by atoms with E-state index in [-0.39, 0.29) is 30.9 Å². The summed E-state index contributed by atoms with van der Waals surface area (Å²) in [6.07, 6.45) is 1.26. The Hall–Kier alpha value is -3.29. The molecular weight excluding hydrogens is 338 g/mol. The third-order valence-electron chi connectivity index (χ3n) is 3.56. The second-order valence-corrected chi connectivity index (χ2v) is 5.60. The number of nitrogens with one attached hydrogen (secondary N) is 1. The van der Waals surface area contributed by atoms with Crippen LogP contribution in [0.1, 0.15) is 28.8 Å². The van der Waals surface area contributed by atoms with Gasteiger partial charge in [-0.3, -0.25) is 19.7 Å². The van der Waals surface area contributed by atoms with Crippen molar-refractivity contribution in [3.8, 4) is 0 Å². The number of anilines is 1. The van der Waals surface area contributed by atoms with Gasteiger partial charge in [-0.2, -0.15) is 0 Å². The molecule has 1 aromatic carbocycles. The predicted octanol–water partition coefficient (Wildman–Crippen LogP) is 2.92. The monoisotopic (exact) mass is 357 g/mol. The fourth-order valence-corrected chi connectivity index (χ4v) is 2.11. The molecule has 8 nitrogen and oxygen atoms in total. The molecule has 0 aliphatic rings. The highest BCUT2D eigenvalue weighted by atomic mass is 16.6. The van der Waals surface area contributed by atoms with Crippen molar-refractivity contribution in [2.45, 2.75) is 19.8 Å². The normalized spacial score (nSPS) is 10.2. The van der Waals surface area contributed by atoms with Gasteiger partial charge in [0.2, 0.25) is 0 Å². The first-order valence-electron chi connectivity index (χ1n) is 8.05. The number of nitro groups is 1. The number of ether oxygens (including phenoxy) is 1. The van der Waals surface area contributed by atoms with Crippen LogP contribution in [0.3, 0.4) is 0 Å². The summed E-state index contributed by atoms with van der Waals surface area (Å²) in [7, 11) is 0. The molecule has 0 radical (unpaired) electrons. The van der Waals surface area contributed by atoms with E-state index in [0.29, 0.717) is 17.9 Å². The van der Waals surface area contributed by atoms with Crippen molar-refractivity contribution in [3.63, 3.8) is 0 Å². The molecule has 0 aliphatic carbocycles. The van der Waals surface area contributed by atoms with Gasteiger partial charge in [0.05, 0.1) is 17.9 Å². The quantitative estimate of drug-likeness (QED) is 0.241. The number of rotatable bonds is 9. The summed E-state index contributed by atoms with van der Waals surface area (Å²) in [6, 6.07) is 9.99. The Balaban J connectivity index is 1.65. The first kappa shape index (κ1) is 19.0. The zero-order valence-electron chi connectivity index (χ0n) is 14.3. The van der Waals surface area contributed by atoms with E-state index in [4.69, 9.17) is 4.74 Å². The van der Waals surface area contributed by atoms with Crippen molar-refractivity contribution in [1.29, 1.82) is 0 Å². The summed E-state index contributed by atoms with van der Waals surface area (Å²) >= 11 is 0. The van der Waals surface area contributed by atoms with Gasteiger partial charge in [-0.15, -0.1) is 0 Å². The van der Waals surface area contributed by atoms with E-state index >= 15 is 0 Å². The summed E-state index contributed by atoms with van der Waals surface area (Å²) < 4.78 is 5.04. The Kier molecular flexibility index (Phi) is 6.78. The molecule has 0 amide bonds. The minimum Gasteiger partial charge on any atom is -0.464 e. The van der Waals surface area contributed by atoms with Crippen LogP contribution in [-0.4, -0.2) is 34.8 Å². The summed E-state index contributed by atoms with van der Waals surface area (Å²) in [5.41, 5.74) is 1.55. The summed E-state index contributed by atoms with van der Waals surface area (Å²) in [5, 5.41) is 13.4. The maximum atomic E-state index is 12.0. The zero-order chi connectivity index (χ0) is 18.9. The van der Waals surface area contributed by atoms with E-state index in [1.165, 1.54) is 12.1 Å². The number of carbonyl (C=O) groups is 2. The highest BCUT2D eigenvalue weighted by Gasteiger charge is 2.10. The van der Waals surface area contributed by atoms with Crippen molar-refractivity contribution in [2.24, 2.45) is 0 Å². The van der Waals surface area contributed by atoms with Gasteiger partial charge in [0.1, 0.15) is 18.6 Å². The minimum atomic E-state index is -0.531. The van der Waals surface area contributed by atoms with Crippen LogP contribution in [0.2, 0.25) is 0 Å². The summed E-state index contributed by atoms with van der Waals surface area (Å²) in [6.45, 7) is 2.35. The molecule has 0 unspecified atom stereocenters. The molecule has 2 rings (SSSR count). The lowest BCUT2D eigenvalue weighted by Gasteiger charge is -2.07. The van der Waals surface area contributed by atoms with Crippen LogP contribution >= 0.6 is 0 Å². The summed E-state index contributed by atoms with van der Waals surface area (Å²) in [4.78, 5) is 37.5. The molecule has 26 heavy (non-hydrogen) atoms. The van der Waals surface area contributed by atoms with Gasteiger partial charge < -0.3 is 10.1 Å². The molecule has 1 N–H and O–H groups in total. The van der Waals surface area contributed by atoms with Gasteiger partial charge in [0.15, 0.2) is 5.78 Å². The van der Waals surface area contributed by atoms with Crippen molar-refractivity contribution in [2.75, 3.05) is 18.5 Å². The number of nitrogens with zero attached hydrogens (tertiary/aromatic N) is 2. The molecule has 0 spiro atoms. The second-order valence-electron chi connectivity index (χ2n) is 5.60. The van der Waals surface area contributed by atoms with E-state index in [1.807, 2.05) is 19.1 Å². The van der Waals surface area contributed by atoms with E-state index in [1.54, 1.807) is 12.1 Å². The number of carbonyl (C=O) groups excluding carboxylic acids is 2. The lowest BCUT2D eigenvalue weighted by molar-refractivity contribution is -0.385. The van der Waals surface area contributed by atoms with E-state index in [9.17, 15) is 19.7 Å². The van der Waals surface area contributed by atoms with Crippen molar-refractivity contribution >= 4 is 23.3 Å². The topological polar surface area (TPSA) is 111 Å². The number of ketones is 1. The van der Waals surface area contributed by atoms with E-state index in [0.717, 1.165) is 11.8 Å². The van der Waals surface area contributed by atoms with Crippen molar-refractivity contribution in [3.05, 3.63) is 63.8 Å². The zero-order valence-corrected chi connectivity index (χ0v) is 14.3. The molecule has 8 heteroatoms. The van der Waals surface area contributed by atoms with Crippen LogP contribution in [-0.2, 0) is 9.53 Å². The third-order valence-corrected chi connectivity index (χ3v) is 3.56. The fourth-order valence-electron chi connectivity index (χ4n) is 2.11. The first-order chi connectivity index (χ1) is 12.5. The number of esters is 1. The fraction of sp³-hybridized carbons (Fsp3) is 0.278. The molecule has 0 saturated carbocycles. The average Bonchev–Trinajstić information content (AvgIpc) is 2.64. The van der Waals surface area contributed by atoms with Crippen LogP contribution in [0.4, 0.5) is 11.5 Å². The maximum Gasteiger partial charge on any atom is 0.306 e. The number of Topliss-reactive ketones (excluding diaryl/α,β-unsaturated/α-hetero) is 1. The van der Waals surface area contributed by atoms with Gasteiger partial charge in [-0.25, -0.2) is 4.98 Å². The molecule has 0 saturated heterocycles. The van der Waals surface area contributed by atoms with Gasteiger partial charge >= 0.3 is 5.97 Å². The van der Waals surface area contributed by atoms with E-state index < -0.39 is 10.9 Å². The molecule has 0 fully saturated rings. The molecule has 0 aliphatic heterocycles. The minimum absolute atomic E-state index is 0.0164. The molecule has 1 aromatic heterocycles. The van der Waals surface area contributed by atoms with Crippen LogP contribution in [0.5, 0.6) is 0 Å². The molecule has 136 valence electrons. The number of hydrogen-bond donors (Lipinski definition) is 1. The molecular formula is C18H19N3O5.